The molecular formula is C54H89N11O29. The molecule has 40 nitrogen and oxygen atoms in total. The summed E-state index contributed by atoms with van der Waals surface area (Å²) >= 11 is 0. The van der Waals surface area contributed by atoms with Gasteiger partial charge in [-0.05, 0) is 46.5 Å². The summed E-state index contributed by atoms with van der Waals surface area (Å²) in [6, 6.07) is -11.7. The molecule has 26 atom stereocenters. The Labute approximate surface area is 537 Å². The van der Waals surface area contributed by atoms with E-state index in [0.29, 0.717) is 0 Å². The van der Waals surface area contributed by atoms with E-state index >= 15 is 0 Å². The van der Waals surface area contributed by atoms with Crippen molar-refractivity contribution < 1.29 is 141 Å². The lowest BCUT2D eigenvalue weighted by atomic mass is 9.93. The molecule has 5 saturated heterocycles. The topological polar surface area (TPSA) is 630 Å². The molecule has 0 saturated carbocycles. The zero-order valence-electron chi connectivity index (χ0n) is 52.2. The van der Waals surface area contributed by atoms with Gasteiger partial charge in [-0.2, -0.15) is 0 Å². The highest BCUT2D eigenvalue weighted by atomic mass is 16.8. The lowest BCUT2D eigenvalue weighted by molar-refractivity contribution is -0.361. The van der Waals surface area contributed by atoms with Crippen LogP contribution in [0.1, 0.15) is 80.1 Å². The molecule has 23 N–H and O–H groups in total. The van der Waals surface area contributed by atoms with Gasteiger partial charge in [0.05, 0.1) is 44.9 Å². The number of nitrogens with one attached hydrogen (secondary N) is 7. The standard InChI is InChI=1S/C54H89N11O29/c1-18(47(79)65-25(46(58)78)10-11-31(72)64-26(50(83)84)9-7-8-12-59-32(73)13-24(55)45(57)77)60-48(80)19(2)86-44-36(63-23(6)71)52-85-17-30(91-52)42(44)94-54-35(62-22(5)70)39(76)40(28(15-67)90-54)92-51-33(56)43(87-20(3)49(81)82)41(29(16-68)89-51)93-53-34(61-21(4)69)38(75)37(74)27(14-66)88-53/h18-20,24-30,33-44,51-54,66-68,74-76H,7-17,55-56H2,1-6H3,(H2,57,77)(H2,58,78)(H,59,73)(H,60,80)(H,61,69)(H,62,70)(H,63,71)(H,64,72)(H,65,79)(H,81,82)(H,83,84). The number of nitrogens with two attached hydrogens (primary N) is 4. The van der Waals surface area contributed by atoms with Crippen molar-refractivity contribution in [2.45, 2.75) is 239 Å². The predicted octanol–water partition coefficient (Wildman–Crippen LogP) is -11.1. The van der Waals surface area contributed by atoms with E-state index in [4.69, 9.17) is 70.3 Å². The summed E-state index contributed by atoms with van der Waals surface area (Å²) in [7, 11) is 0. The minimum atomic E-state index is -1.98. The summed E-state index contributed by atoms with van der Waals surface area (Å²) in [5.41, 5.74) is 22.8. The van der Waals surface area contributed by atoms with E-state index in [2.05, 4.69) is 37.2 Å². The molecule has 0 radical (unpaired) electrons. The predicted molar refractivity (Wildman–Crippen MR) is 308 cm³/mol. The monoisotopic (exact) mass is 1360 g/mol. The Morgan fingerprint density at radius 2 is 1.10 bits per heavy atom. The maximum atomic E-state index is 13.9. The minimum absolute atomic E-state index is 0.0689. The molecule has 5 rings (SSSR count). The molecule has 0 aliphatic carbocycles. The number of primary amides is 2. The first-order chi connectivity index (χ1) is 44.2. The summed E-state index contributed by atoms with van der Waals surface area (Å²) < 4.78 is 60.8. The number of hydrogen-bond donors (Lipinski definition) is 19. The summed E-state index contributed by atoms with van der Waals surface area (Å²) in [5.74, 6) is -10.3. The normalized spacial score (nSPS) is 33.3. The minimum Gasteiger partial charge on any atom is -0.480 e. The molecule has 534 valence electrons. The van der Waals surface area contributed by atoms with Gasteiger partial charge >= 0.3 is 11.9 Å². The van der Waals surface area contributed by atoms with Crippen LogP contribution in [0.15, 0.2) is 0 Å². The molecule has 9 amide bonds. The smallest absolute Gasteiger partial charge is 0.332 e. The van der Waals surface area contributed by atoms with E-state index in [1.165, 1.54) is 13.8 Å². The van der Waals surface area contributed by atoms with Crippen molar-refractivity contribution in [3.63, 3.8) is 0 Å². The molecule has 5 fully saturated rings. The van der Waals surface area contributed by atoms with Gasteiger partial charge in [0.15, 0.2) is 31.3 Å². The lowest BCUT2D eigenvalue weighted by Crippen LogP contribution is -2.71. The number of carbonyl (C=O) groups excluding carboxylic acids is 9. The van der Waals surface area contributed by atoms with Gasteiger partial charge in [0.25, 0.3) is 0 Å². The largest absolute Gasteiger partial charge is 0.480 e. The average Bonchev–Trinajstić information content (AvgIpc) is 0.902. The number of ether oxygens (including phenoxy) is 10. The SMILES string of the molecule is CC(=O)NC1C(OC2C(CO)OC(OC3C(CO)OC(OC4C5COC(O5)C(NC(C)=O)C4OC(C)C(=O)NC(C)C(=O)NC(CCC(=O)NC(CCCCNC(=O)CC(N)C(N)=O)C(=O)O)C(N)=O)C(NC(C)=O)C3O)C(N)C2OC(C)C(=O)O)OC(CO)C(O)C1O. The molecule has 5 aliphatic rings. The van der Waals surface area contributed by atoms with Crippen LogP contribution in [-0.4, -0.2) is 298 Å². The van der Waals surface area contributed by atoms with Crippen LogP contribution in [0.4, 0.5) is 0 Å². The van der Waals surface area contributed by atoms with Crippen LogP contribution in [-0.2, 0) is 100 Å². The van der Waals surface area contributed by atoms with E-state index in [0.717, 1.165) is 27.7 Å². The second kappa shape index (κ2) is 36.0. The van der Waals surface area contributed by atoms with Gasteiger partial charge in [-0.1, -0.05) is 0 Å². The molecule has 5 heterocycles. The molecule has 0 aromatic heterocycles. The van der Waals surface area contributed by atoms with E-state index in [1.807, 2.05) is 0 Å². The molecule has 26 unspecified atom stereocenters. The van der Waals surface area contributed by atoms with E-state index < -0.39 is 257 Å². The number of carbonyl (C=O) groups is 11. The quantitative estimate of drug-likeness (QED) is 0.0262. The van der Waals surface area contributed by atoms with Crippen molar-refractivity contribution in [2.75, 3.05) is 33.0 Å². The second-order valence-corrected chi connectivity index (χ2v) is 23.2. The first-order valence-electron chi connectivity index (χ1n) is 30.1. The second-order valence-electron chi connectivity index (χ2n) is 23.2. The van der Waals surface area contributed by atoms with Crippen LogP contribution < -0.4 is 60.2 Å². The van der Waals surface area contributed by atoms with Crippen molar-refractivity contribution in [1.82, 2.24) is 37.2 Å². The third-order valence-corrected chi connectivity index (χ3v) is 15.8. The Morgan fingerprint density at radius 1 is 0.553 bits per heavy atom. The summed E-state index contributed by atoms with van der Waals surface area (Å²) in [5, 5.41) is 102. The van der Waals surface area contributed by atoms with Gasteiger partial charge in [0, 0.05) is 33.7 Å². The Kier molecular flexibility index (Phi) is 29.9. The van der Waals surface area contributed by atoms with Crippen LogP contribution in [0.5, 0.6) is 0 Å². The maximum Gasteiger partial charge on any atom is 0.332 e. The van der Waals surface area contributed by atoms with Crippen molar-refractivity contribution in [2.24, 2.45) is 22.9 Å². The Balaban J connectivity index is 1.28. The molecule has 0 aromatic carbocycles. The highest BCUT2D eigenvalue weighted by molar-refractivity contribution is 5.92. The number of carboxylic acids is 2. The summed E-state index contributed by atoms with van der Waals surface area (Å²) in [6.45, 7) is 3.90. The van der Waals surface area contributed by atoms with Crippen LogP contribution >= 0.6 is 0 Å². The molecule has 5 aliphatic heterocycles. The number of carboxylic acid groups (broad SMARTS) is 2. The maximum absolute atomic E-state index is 13.9. The molecule has 2 bridgehead atoms. The van der Waals surface area contributed by atoms with Gasteiger partial charge in [0.2, 0.25) is 53.2 Å². The number of aliphatic hydroxyl groups is 6. The van der Waals surface area contributed by atoms with Gasteiger partial charge < -0.3 is 148 Å². The number of hydrogen-bond acceptors (Lipinski definition) is 29. The Hall–Kier alpha value is -6.55. The summed E-state index contributed by atoms with van der Waals surface area (Å²) in [4.78, 5) is 138. The number of unbranched alkanes of at least 4 members (excludes halogenated alkanes) is 1. The zero-order chi connectivity index (χ0) is 70.2. The third-order valence-electron chi connectivity index (χ3n) is 15.8. The fourth-order valence-corrected chi connectivity index (χ4v) is 10.8. The molecule has 0 aromatic rings. The highest BCUT2D eigenvalue weighted by Crippen LogP contribution is 2.38. The van der Waals surface area contributed by atoms with Gasteiger partial charge in [0.1, 0.15) is 116 Å². The van der Waals surface area contributed by atoms with Crippen molar-refractivity contribution in [3.8, 4) is 0 Å². The van der Waals surface area contributed by atoms with Crippen molar-refractivity contribution in [1.29, 1.82) is 0 Å². The fraction of sp³-hybridized carbons (Fsp3) is 0.796. The lowest BCUT2D eigenvalue weighted by Gasteiger charge is -2.51. The molecule has 40 heteroatoms. The van der Waals surface area contributed by atoms with Crippen LogP contribution in [0.3, 0.4) is 0 Å². The number of amides is 9. The number of aliphatic carboxylic acids is 2. The van der Waals surface area contributed by atoms with Gasteiger partial charge in [-0.3, -0.25) is 43.2 Å². The summed E-state index contributed by atoms with van der Waals surface area (Å²) in [6.07, 6.45) is -30.3. The van der Waals surface area contributed by atoms with Crippen LogP contribution in [0, 0.1) is 0 Å². The number of fused-ring (bicyclic) bond motifs is 2. The Bertz CT molecular complexity index is 2640. The van der Waals surface area contributed by atoms with E-state index in [-0.39, 0.29) is 38.8 Å². The highest BCUT2D eigenvalue weighted by Gasteiger charge is 2.58. The number of aliphatic hydroxyl groups excluding tert-OH is 6. The van der Waals surface area contributed by atoms with Gasteiger partial charge in [-0.25, -0.2) is 9.59 Å². The average molecular weight is 1360 g/mol. The van der Waals surface area contributed by atoms with Crippen LogP contribution in [0.2, 0.25) is 0 Å². The Morgan fingerprint density at radius 3 is 1.66 bits per heavy atom. The first kappa shape index (κ1) is 78.1. The van der Waals surface area contributed by atoms with E-state index in [1.54, 1.807) is 0 Å². The number of rotatable bonds is 35. The molecule has 94 heavy (non-hydrogen) atoms. The van der Waals surface area contributed by atoms with Crippen LogP contribution in [0.25, 0.3) is 0 Å². The van der Waals surface area contributed by atoms with E-state index in [9.17, 15) is 93.6 Å². The first-order valence-corrected chi connectivity index (χ1v) is 30.1. The van der Waals surface area contributed by atoms with Crippen molar-refractivity contribution >= 4 is 65.1 Å². The fourth-order valence-electron chi connectivity index (χ4n) is 10.8. The van der Waals surface area contributed by atoms with Crippen molar-refractivity contribution in [3.05, 3.63) is 0 Å². The molecule has 0 spiro atoms. The molecular weight excluding hydrogens is 1270 g/mol. The third kappa shape index (κ3) is 21.2. The zero-order valence-corrected chi connectivity index (χ0v) is 52.2. The van der Waals surface area contributed by atoms with Gasteiger partial charge in [-0.15, -0.1) is 0 Å².